The van der Waals surface area contributed by atoms with Gasteiger partial charge in [0.25, 0.3) is 10.0 Å². The Morgan fingerprint density at radius 3 is 2.72 bits per heavy atom. The van der Waals surface area contributed by atoms with E-state index in [1.807, 2.05) is 25.1 Å². The molecule has 1 aliphatic heterocycles. The van der Waals surface area contributed by atoms with Gasteiger partial charge in [0, 0.05) is 37.5 Å². The zero-order chi connectivity index (χ0) is 19.8. The summed E-state index contributed by atoms with van der Waals surface area (Å²) < 4.78 is 37.8. The van der Waals surface area contributed by atoms with Gasteiger partial charge >= 0.3 is 0 Å². The fourth-order valence-corrected chi connectivity index (χ4v) is 5.60. The maximum atomic E-state index is 12.7. The van der Waals surface area contributed by atoms with Crippen LogP contribution in [0, 0.1) is 0 Å². The molecule has 11 heteroatoms. The number of ether oxygens (including phenoxy) is 1. The highest BCUT2D eigenvalue weighted by Crippen LogP contribution is 2.26. The number of nitrogens with one attached hydrogen (secondary N) is 2. The predicted octanol–water partition coefficient (Wildman–Crippen LogP) is 2.28. The zero-order valence-corrected chi connectivity index (χ0v) is 20.3. The Kier molecular flexibility index (Phi) is 9.89. The molecule has 29 heavy (non-hydrogen) atoms. The lowest BCUT2D eigenvalue weighted by Crippen LogP contribution is -2.40. The topological polar surface area (TPSA) is 96.2 Å². The number of hydrogen-bond acceptors (Lipinski definition) is 6. The van der Waals surface area contributed by atoms with E-state index in [0.717, 1.165) is 23.6 Å². The van der Waals surface area contributed by atoms with Gasteiger partial charge in [-0.2, -0.15) is 4.31 Å². The van der Waals surface area contributed by atoms with E-state index in [4.69, 9.17) is 9.15 Å². The second kappa shape index (κ2) is 11.9. The standard InChI is InChI=1S/C18H26N4O4S2.HI/c1-2-19-18(20-8-7-15-4-3-11-26-15)21-14-16-5-6-17(27-16)28(23,24)22-9-12-25-13-10-22;/h3-6,11H,2,7-10,12-14H2,1H3,(H2,19,20,21);1H. The molecule has 0 unspecified atom stereocenters. The third-order valence-electron chi connectivity index (χ3n) is 4.18. The zero-order valence-electron chi connectivity index (χ0n) is 16.3. The molecule has 0 spiro atoms. The van der Waals surface area contributed by atoms with Crippen LogP contribution in [0.4, 0.5) is 0 Å². The van der Waals surface area contributed by atoms with Crippen LogP contribution in [0.2, 0.25) is 0 Å². The summed E-state index contributed by atoms with van der Waals surface area (Å²) in [6, 6.07) is 7.30. The molecule has 162 valence electrons. The lowest BCUT2D eigenvalue weighted by Gasteiger charge is -2.25. The first-order valence-electron chi connectivity index (χ1n) is 9.31. The summed E-state index contributed by atoms with van der Waals surface area (Å²) >= 11 is 1.27. The Morgan fingerprint density at radius 2 is 2.03 bits per heavy atom. The summed E-state index contributed by atoms with van der Waals surface area (Å²) in [6.07, 6.45) is 2.42. The van der Waals surface area contributed by atoms with Gasteiger partial charge in [0.05, 0.1) is 26.0 Å². The Labute approximate surface area is 192 Å². The van der Waals surface area contributed by atoms with Crippen LogP contribution in [0.1, 0.15) is 17.6 Å². The highest BCUT2D eigenvalue weighted by Gasteiger charge is 2.27. The number of sulfonamides is 1. The van der Waals surface area contributed by atoms with E-state index >= 15 is 0 Å². The van der Waals surface area contributed by atoms with Crippen molar-refractivity contribution in [2.24, 2.45) is 4.99 Å². The Bertz CT molecular complexity index is 862. The normalized spacial score (nSPS) is 15.7. The van der Waals surface area contributed by atoms with E-state index in [1.165, 1.54) is 15.6 Å². The van der Waals surface area contributed by atoms with Crippen molar-refractivity contribution >= 4 is 51.3 Å². The van der Waals surface area contributed by atoms with Gasteiger partial charge in [-0.05, 0) is 31.2 Å². The van der Waals surface area contributed by atoms with E-state index in [-0.39, 0.29) is 24.0 Å². The number of nitrogens with zero attached hydrogens (tertiary/aromatic N) is 2. The molecule has 0 atom stereocenters. The number of hydrogen-bond donors (Lipinski definition) is 2. The largest absolute Gasteiger partial charge is 0.469 e. The van der Waals surface area contributed by atoms with Crippen LogP contribution in [-0.2, 0) is 27.7 Å². The number of rotatable bonds is 8. The van der Waals surface area contributed by atoms with E-state index in [1.54, 1.807) is 12.3 Å². The average Bonchev–Trinajstić information content (AvgIpc) is 3.39. The molecule has 0 bridgehead atoms. The van der Waals surface area contributed by atoms with Crippen LogP contribution in [0.3, 0.4) is 0 Å². The third kappa shape index (κ3) is 6.95. The molecule has 0 aliphatic carbocycles. The molecule has 1 aliphatic rings. The minimum absolute atomic E-state index is 0. The van der Waals surface area contributed by atoms with Gasteiger partial charge < -0.3 is 19.8 Å². The Hall–Kier alpha value is -1.15. The molecule has 1 saturated heterocycles. The van der Waals surface area contributed by atoms with Gasteiger partial charge in [-0.1, -0.05) is 0 Å². The van der Waals surface area contributed by atoms with Crippen molar-refractivity contribution in [2.45, 2.75) is 24.1 Å². The maximum Gasteiger partial charge on any atom is 0.252 e. The van der Waals surface area contributed by atoms with Gasteiger partial charge in [-0.25, -0.2) is 13.4 Å². The van der Waals surface area contributed by atoms with Crippen molar-refractivity contribution in [2.75, 3.05) is 39.4 Å². The maximum absolute atomic E-state index is 12.7. The van der Waals surface area contributed by atoms with E-state index in [2.05, 4.69) is 15.6 Å². The van der Waals surface area contributed by atoms with Gasteiger partial charge in [-0.3, -0.25) is 0 Å². The highest BCUT2D eigenvalue weighted by molar-refractivity contribution is 14.0. The second-order valence-corrected chi connectivity index (χ2v) is 9.52. The molecule has 8 nitrogen and oxygen atoms in total. The molecule has 3 heterocycles. The number of furan rings is 1. The lowest BCUT2D eigenvalue weighted by atomic mass is 10.3. The summed E-state index contributed by atoms with van der Waals surface area (Å²) in [4.78, 5) is 5.45. The Morgan fingerprint density at radius 1 is 1.24 bits per heavy atom. The minimum Gasteiger partial charge on any atom is -0.469 e. The summed E-state index contributed by atoms with van der Waals surface area (Å²) in [5.74, 6) is 1.61. The quantitative estimate of drug-likeness (QED) is 0.296. The summed E-state index contributed by atoms with van der Waals surface area (Å²) in [7, 11) is -3.45. The number of halogens is 1. The molecule has 2 aromatic rings. The van der Waals surface area contributed by atoms with Gasteiger partial charge in [0.15, 0.2) is 5.96 Å². The molecule has 2 N–H and O–H groups in total. The van der Waals surface area contributed by atoms with Crippen molar-refractivity contribution < 1.29 is 17.6 Å². The van der Waals surface area contributed by atoms with Crippen LogP contribution in [-0.4, -0.2) is 58.1 Å². The van der Waals surface area contributed by atoms with Crippen molar-refractivity contribution in [3.8, 4) is 0 Å². The first-order valence-corrected chi connectivity index (χ1v) is 11.6. The average molecular weight is 554 g/mol. The molecular formula is C18H27IN4O4S2. The number of thiophene rings is 1. The summed E-state index contributed by atoms with van der Waals surface area (Å²) in [5.41, 5.74) is 0. The second-order valence-electron chi connectivity index (χ2n) is 6.19. The van der Waals surface area contributed by atoms with Crippen LogP contribution in [0.25, 0.3) is 0 Å². The van der Waals surface area contributed by atoms with Crippen LogP contribution in [0.5, 0.6) is 0 Å². The molecule has 0 radical (unpaired) electrons. The first kappa shape index (κ1) is 24.1. The van der Waals surface area contributed by atoms with Crippen molar-refractivity contribution in [1.82, 2.24) is 14.9 Å². The number of guanidine groups is 1. The number of aliphatic imine (C=N–C) groups is 1. The van der Waals surface area contributed by atoms with E-state index in [0.29, 0.717) is 49.6 Å². The number of morpholine rings is 1. The van der Waals surface area contributed by atoms with Crippen LogP contribution < -0.4 is 10.6 Å². The molecular weight excluding hydrogens is 527 g/mol. The van der Waals surface area contributed by atoms with Crippen LogP contribution in [0.15, 0.2) is 44.1 Å². The molecule has 0 amide bonds. The Balaban J connectivity index is 0.00000300. The predicted molar refractivity (Wildman–Crippen MR) is 125 cm³/mol. The van der Waals surface area contributed by atoms with Crippen molar-refractivity contribution in [3.63, 3.8) is 0 Å². The highest BCUT2D eigenvalue weighted by atomic mass is 127. The molecule has 0 aromatic carbocycles. The fraction of sp³-hybridized carbons (Fsp3) is 0.500. The monoisotopic (exact) mass is 554 g/mol. The summed E-state index contributed by atoms with van der Waals surface area (Å²) in [6.45, 7) is 5.54. The van der Waals surface area contributed by atoms with E-state index < -0.39 is 10.0 Å². The minimum atomic E-state index is -3.45. The molecule has 0 saturated carbocycles. The van der Waals surface area contributed by atoms with Gasteiger partial charge in [0.2, 0.25) is 0 Å². The van der Waals surface area contributed by atoms with Gasteiger partial charge in [-0.15, -0.1) is 35.3 Å². The van der Waals surface area contributed by atoms with Crippen LogP contribution >= 0.6 is 35.3 Å². The van der Waals surface area contributed by atoms with Gasteiger partial charge in [0.1, 0.15) is 9.97 Å². The van der Waals surface area contributed by atoms with Crippen molar-refractivity contribution in [1.29, 1.82) is 0 Å². The first-order chi connectivity index (χ1) is 13.6. The van der Waals surface area contributed by atoms with E-state index in [9.17, 15) is 8.42 Å². The SMILES string of the molecule is CCNC(=NCc1ccc(S(=O)(=O)N2CCOCC2)s1)NCCc1ccco1.I. The molecule has 2 aromatic heterocycles. The molecule has 1 fully saturated rings. The summed E-state index contributed by atoms with van der Waals surface area (Å²) in [5, 5.41) is 6.46. The molecule has 3 rings (SSSR count). The fourth-order valence-electron chi connectivity index (χ4n) is 2.75. The van der Waals surface area contributed by atoms with Crippen molar-refractivity contribution in [3.05, 3.63) is 41.2 Å². The third-order valence-corrected chi connectivity index (χ3v) is 7.62. The smallest absolute Gasteiger partial charge is 0.252 e. The lowest BCUT2D eigenvalue weighted by molar-refractivity contribution is 0.0731.